The molecule has 0 aromatic heterocycles. The van der Waals surface area contributed by atoms with Gasteiger partial charge < -0.3 is 9.59 Å². The van der Waals surface area contributed by atoms with Crippen molar-refractivity contribution < 1.29 is 14.4 Å². The first-order valence-electron chi connectivity index (χ1n) is 13.6. The van der Waals surface area contributed by atoms with Crippen molar-refractivity contribution in [2.75, 3.05) is 26.7 Å². The van der Waals surface area contributed by atoms with Crippen molar-refractivity contribution in [1.82, 2.24) is 0 Å². The highest BCUT2D eigenvalue weighted by Gasteiger charge is 2.21. The highest BCUT2D eigenvalue weighted by Crippen LogP contribution is 2.15. The standard InChI is InChI=1S/C29H51NO2/c1-3-4-5-6-7-8-9-10-11-12-13-14-15-19-25-30(2,26-20-23-29(31)32)27-24-28-21-17-16-18-22-28/h16-18,21-22H,3-15,19-20,23-27H2,1-2H3/p+1. The summed E-state index contributed by atoms with van der Waals surface area (Å²) in [5, 5.41) is 9.02. The quantitative estimate of drug-likeness (QED) is 0.145. The van der Waals surface area contributed by atoms with Crippen LogP contribution in [-0.4, -0.2) is 42.2 Å². The lowest BCUT2D eigenvalue weighted by Crippen LogP contribution is -2.47. The van der Waals surface area contributed by atoms with Crippen LogP contribution in [0.15, 0.2) is 30.3 Å². The van der Waals surface area contributed by atoms with Crippen molar-refractivity contribution in [3.63, 3.8) is 0 Å². The third-order valence-corrected chi connectivity index (χ3v) is 6.92. The summed E-state index contributed by atoms with van der Waals surface area (Å²) < 4.78 is 1.00. The molecule has 0 radical (unpaired) electrons. The van der Waals surface area contributed by atoms with E-state index < -0.39 is 5.97 Å². The monoisotopic (exact) mass is 446 g/mol. The van der Waals surface area contributed by atoms with Gasteiger partial charge in [-0.3, -0.25) is 4.79 Å². The van der Waals surface area contributed by atoms with E-state index in [0.717, 1.165) is 30.4 Å². The first kappa shape index (κ1) is 28.7. The van der Waals surface area contributed by atoms with Crippen molar-refractivity contribution >= 4 is 5.97 Å². The van der Waals surface area contributed by atoms with Crippen LogP contribution in [0.5, 0.6) is 0 Å². The summed E-state index contributed by atoms with van der Waals surface area (Å²) in [6.45, 7) is 5.52. The van der Waals surface area contributed by atoms with Crippen LogP contribution < -0.4 is 0 Å². The van der Waals surface area contributed by atoms with E-state index in [1.807, 2.05) is 0 Å². The molecule has 0 aliphatic heterocycles. The van der Waals surface area contributed by atoms with Crippen LogP contribution in [0.1, 0.15) is 115 Å². The summed E-state index contributed by atoms with van der Waals surface area (Å²) in [5.41, 5.74) is 1.39. The molecule has 0 fully saturated rings. The maximum Gasteiger partial charge on any atom is 0.303 e. The minimum absolute atomic E-state index is 0.290. The van der Waals surface area contributed by atoms with Crippen molar-refractivity contribution in [1.29, 1.82) is 0 Å². The normalized spacial score (nSPS) is 13.2. The van der Waals surface area contributed by atoms with Gasteiger partial charge in [-0.25, -0.2) is 0 Å². The molecule has 0 saturated carbocycles. The predicted octanol–water partition coefficient (Wildman–Crippen LogP) is 8.02. The molecule has 1 unspecified atom stereocenters. The van der Waals surface area contributed by atoms with Gasteiger partial charge in [0.25, 0.3) is 0 Å². The van der Waals surface area contributed by atoms with E-state index in [9.17, 15) is 4.79 Å². The van der Waals surface area contributed by atoms with E-state index in [4.69, 9.17) is 5.11 Å². The van der Waals surface area contributed by atoms with E-state index in [1.54, 1.807) is 0 Å². The lowest BCUT2D eigenvalue weighted by atomic mass is 10.0. The van der Waals surface area contributed by atoms with Gasteiger partial charge in [-0.2, -0.15) is 0 Å². The molecule has 3 nitrogen and oxygen atoms in total. The van der Waals surface area contributed by atoms with Crippen molar-refractivity contribution in [3.05, 3.63) is 35.9 Å². The molecule has 1 aromatic rings. The summed E-state index contributed by atoms with van der Waals surface area (Å²) in [6.07, 6.45) is 21.6. The molecule has 184 valence electrons. The number of hydrogen-bond donors (Lipinski definition) is 1. The van der Waals surface area contributed by atoms with Crippen LogP contribution in [0, 0.1) is 0 Å². The van der Waals surface area contributed by atoms with Crippen LogP contribution in [0.4, 0.5) is 0 Å². The summed E-state index contributed by atoms with van der Waals surface area (Å²) >= 11 is 0. The van der Waals surface area contributed by atoms with Crippen molar-refractivity contribution in [2.24, 2.45) is 0 Å². The number of carboxylic acids is 1. The largest absolute Gasteiger partial charge is 0.481 e. The Morgan fingerprint density at radius 1 is 0.688 bits per heavy atom. The van der Waals surface area contributed by atoms with Gasteiger partial charge in [0, 0.05) is 12.8 Å². The van der Waals surface area contributed by atoms with Crippen LogP contribution in [0.25, 0.3) is 0 Å². The number of carboxylic acid groups (broad SMARTS) is 1. The van der Waals surface area contributed by atoms with E-state index in [1.165, 1.54) is 102 Å². The molecule has 3 heteroatoms. The fourth-order valence-corrected chi connectivity index (χ4v) is 4.68. The van der Waals surface area contributed by atoms with Crippen LogP contribution in [0.3, 0.4) is 0 Å². The molecule has 1 N–H and O–H groups in total. The fraction of sp³-hybridized carbons (Fsp3) is 0.759. The zero-order valence-electron chi connectivity index (χ0n) is 21.3. The molecule has 0 aliphatic carbocycles. The Morgan fingerprint density at radius 2 is 1.16 bits per heavy atom. The Hall–Kier alpha value is -1.35. The lowest BCUT2D eigenvalue weighted by molar-refractivity contribution is -0.909. The van der Waals surface area contributed by atoms with Gasteiger partial charge in [0.05, 0.1) is 33.1 Å². The summed E-state index contributed by atoms with van der Waals surface area (Å²) in [5.74, 6) is -0.670. The molecule has 32 heavy (non-hydrogen) atoms. The van der Waals surface area contributed by atoms with E-state index in [-0.39, 0.29) is 6.42 Å². The number of benzene rings is 1. The maximum absolute atomic E-state index is 11.0. The number of likely N-dealkylation sites (N-methyl/N-ethyl adjacent to an activating group) is 1. The van der Waals surface area contributed by atoms with Gasteiger partial charge in [-0.15, -0.1) is 0 Å². The number of unbranched alkanes of at least 4 members (excludes halogenated alkanes) is 13. The zero-order valence-corrected chi connectivity index (χ0v) is 21.3. The SMILES string of the molecule is CCCCCCCCCCCCCCCC[N+](C)(CCCC(=O)O)CCc1ccccc1. The molecule has 0 spiro atoms. The van der Waals surface area contributed by atoms with E-state index in [2.05, 4.69) is 44.3 Å². The van der Waals surface area contributed by atoms with E-state index >= 15 is 0 Å². The third kappa shape index (κ3) is 16.3. The Kier molecular flexibility index (Phi) is 17.2. The van der Waals surface area contributed by atoms with Crippen molar-refractivity contribution in [3.8, 4) is 0 Å². The molecule has 0 heterocycles. The fourth-order valence-electron chi connectivity index (χ4n) is 4.68. The summed E-state index contributed by atoms with van der Waals surface area (Å²) in [6, 6.07) is 10.7. The predicted molar refractivity (Wildman–Crippen MR) is 138 cm³/mol. The molecule has 0 bridgehead atoms. The number of carbonyl (C=O) groups is 1. The highest BCUT2D eigenvalue weighted by molar-refractivity contribution is 5.66. The average Bonchev–Trinajstić information content (AvgIpc) is 2.78. The second kappa shape index (κ2) is 19.1. The lowest BCUT2D eigenvalue weighted by Gasteiger charge is -2.35. The van der Waals surface area contributed by atoms with Gasteiger partial charge >= 0.3 is 5.97 Å². The molecule has 1 atom stereocenters. The third-order valence-electron chi connectivity index (χ3n) is 6.92. The molecular weight excluding hydrogens is 394 g/mol. The first-order valence-corrected chi connectivity index (χ1v) is 13.6. The van der Waals surface area contributed by atoms with Gasteiger partial charge in [0.15, 0.2) is 0 Å². The smallest absolute Gasteiger partial charge is 0.303 e. The van der Waals surface area contributed by atoms with Gasteiger partial charge in [0.1, 0.15) is 0 Å². The Morgan fingerprint density at radius 3 is 1.66 bits per heavy atom. The molecule has 1 rings (SSSR count). The molecular formula is C29H52NO2+. The minimum Gasteiger partial charge on any atom is -0.481 e. The molecule has 0 saturated heterocycles. The molecule has 0 aliphatic rings. The van der Waals surface area contributed by atoms with Gasteiger partial charge in [-0.05, 0) is 18.4 Å². The van der Waals surface area contributed by atoms with Crippen LogP contribution in [0.2, 0.25) is 0 Å². The Bertz CT molecular complexity index is 560. The van der Waals surface area contributed by atoms with Gasteiger partial charge in [0.2, 0.25) is 0 Å². The Balaban J connectivity index is 2.13. The molecule has 0 amide bonds. The second-order valence-electron chi connectivity index (χ2n) is 10.1. The summed E-state index contributed by atoms with van der Waals surface area (Å²) in [4.78, 5) is 11.0. The second-order valence-corrected chi connectivity index (χ2v) is 10.1. The average molecular weight is 447 g/mol. The minimum atomic E-state index is -0.670. The number of hydrogen-bond acceptors (Lipinski definition) is 1. The number of nitrogens with zero attached hydrogens (tertiary/aromatic N) is 1. The first-order chi connectivity index (χ1) is 15.6. The number of quaternary nitrogens is 1. The van der Waals surface area contributed by atoms with Crippen LogP contribution in [-0.2, 0) is 11.2 Å². The molecule has 1 aromatic carbocycles. The Labute approximate surface area is 199 Å². The summed E-state index contributed by atoms with van der Waals surface area (Å²) in [7, 11) is 2.33. The highest BCUT2D eigenvalue weighted by atomic mass is 16.4. The van der Waals surface area contributed by atoms with Crippen molar-refractivity contribution in [2.45, 2.75) is 116 Å². The topological polar surface area (TPSA) is 37.3 Å². The maximum atomic E-state index is 11.0. The van der Waals surface area contributed by atoms with Crippen LogP contribution >= 0.6 is 0 Å². The number of rotatable bonds is 22. The number of aliphatic carboxylic acids is 1. The zero-order chi connectivity index (χ0) is 23.3. The van der Waals surface area contributed by atoms with Gasteiger partial charge in [-0.1, -0.05) is 114 Å². The van der Waals surface area contributed by atoms with E-state index in [0.29, 0.717) is 0 Å².